The molecule has 124 valence electrons. The summed E-state index contributed by atoms with van der Waals surface area (Å²) in [5.74, 6) is -1.56. The SMILES string of the molecule is Cc1nc(CN(CCC(=O)O)Cc2ccc(F)c(F)c2)c(C)o1. The molecule has 0 aliphatic rings. The number of carboxylic acids is 1. The molecule has 0 unspecified atom stereocenters. The number of aryl methyl sites for hydroxylation is 2. The Morgan fingerprint density at radius 3 is 2.57 bits per heavy atom. The highest BCUT2D eigenvalue weighted by molar-refractivity contribution is 5.66. The van der Waals surface area contributed by atoms with Crippen molar-refractivity contribution in [3.63, 3.8) is 0 Å². The van der Waals surface area contributed by atoms with Crippen LogP contribution in [0.25, 0.3) is 0 Å². The predicted octanol–water partition coefficient (Wildman–Crippen LogP) is 3.05. The van der Waals surface area contributed by atoms with Crippen LogP contribution in [-0.2, 0) is 17.9 Å². The Hall–Kier alpha value is -2.28. The van der Waals surface area contributed by atoms with E-state index in [0.29, 0.717) is 29.5 Å². The van der Waals surface area contributed by atoms with Crippen LogP contribution in [-0.4, -0.2) is 27.5 Å². The standard InChI is InChI=1S/C16H18F2N2O3/c1-10-15(19-11(2)23-10)9-20(6-5-16(21)22)8-12-3-4-13(17)14(18)7-12/h3-4,7H,5-6,8-9H2,1-2H3,(H,21,22). The highest BCUT2D eigenvalue weighted by Gasteiger charge is 2.15. The number of halogens is 2. The largest absolute Gasteiger partial charge is 0.481 e. The molecule has 0 amide bonds. The summed E-state index contributed by atoms with van der Waals surface area (Å²) < 4.78 is 31.7. The normalized spacial score (nSPS) is 11.2. The van der Waals surface area contributed by atoms with Gasteiger partial charge in [0.2, 0.25) is 0 Å². The molecule has 2 rings (SSSR count). The first-order valence-electron chi connectivity index (χ1n) is 7.16. The molecule has 0 saturated carbocycles. The molecule has 0 spiro atoms. The number of hydrogen-bond acceptors (Lipinski definition) is 4. The van der Waals surface area contributed by atoms with Crippen molar-refractivity contribution in [1.29, 1.82) is 0 Å². The van der Waals surface area contributed by atoms with Crippen molar-refractivity contribution < 1.29 is 23.1 Å². The molecule has 0 fully saturated rings. The fourth-order valence-electron chi connectivity index (χ4n) is 2.29. The van der Waals surface area contributed by atoms with Gasteiger partial charge in [-0.05, 0) is 24.6 Å². The Labute approximate surface area is 132 Å². The summed E-state index contributed by atoms with van der Waals surface area (Å²) >= 11 is 0. The Morgan fingerprint density at radius 2 is 2.00 bits per heavy atom. The van der Waals surface area contributed by atoms with Gasteiger partial charge in [-0.25, -0.2) is 13.8 Å². The molecule has 1 heterocycles. The fraction of sp³-hybridized carbons (Fsp3) is 0.375. The van der Waals surface area contributed by atoms with Gasteiger partial charge in [0.1, 0.15) is 5.76 Å². The summed E-state index contributed by atoms with van der Waals surface area (Å²) in [6, 6.07) is 3.66. The number of carbonyl (C=O) groups is 1. The molecule has 0 aliphatic carbocycles. The molecule has 1 N–H and O–H groups in total. The van der Waals surface area contributed by atoms with Crippen molar-refractivity contribution in [2.75, 3.05) is 6.54 Å². The molecule has 5 nitrogen and oxygen atoms in total. The van der Waals surface area contributed by atoms with Crippen LogP contribution in [0.15, 0.2) is 22.6 Å². The minimum atomic E-state index is -0.923. The van der Waals surface area contributed by atoms with Gasteiger partial charge >= 0.3 is 5.97 Å². The van der Waals surface area contributed by atoms with E-state index < -0.39 is 17.6 Å². The van der Waals surface area contributed by atoms with Crippen LogP contribution in [0, 0.1) is 25.5 Å². The molecule has 2 aromatic rings. The minimum Gasteiger partial charge on any atom is -0.481 e. The third kappa shape index (κ3) is 4.85. The first-order valence-corrected chi connectivity index (χ1v) is 7.16. The molecular weight excluding hydrogens is 306 g/mol. The van der Waals surface area contributed by atoms with E-state index in [-0.39, 0.29) is 19.5 Å². The van der Waals surface area contributed by atoms with Crippen molar-refractivity contribution in [1.82, 2.24) is 9.88 Å². The van der Waals surface area contributed by atoms with Crippen molar-refractivity contribution in [2.24, 2.45) is 0 Å². The van der Waals surface area contributed by atoms with Gasteiger partial charge in [-0.2, -0.15) is 0 Å². The van der Waals surface area contributed by atoms with Crippen LogP contribution in [0.1, 0.15) is 29.3 Å². The number of benzene rings is 1. The van der Waals surface area contributed by atoms with Crippen LogP contribution in [0.4, 0.5) is 8.78 Å². The second kappa shape index (κ2) is 7.32. The molecule has 0 radical (unpaired) electrons. The maximum atomic E-state index is 13.3. The summed E-state index contributed by atoms with van der Waals surface area (Å²) in [6.45, 7) is 4.43. The first-order chi connectivity index (χ1) is 10.8. The Kier molecular flexibility index (Phi) is 5.44. The van der Waals surface area contributed by atoms with E-state index in [1.165, 1.54) is 6.07 Å². The molecular formula is C16H18F2N2O3. The van der Waals surface area contributed by atoms with E-state index >= 15 is 0 Å². The van der Waals surface area contributed by atoms with E-state index in [2.05, 4.69) is 4.98 Å². The summed E-state index contributed by atoms with van der Waals surface area (Å²) in [4.78, 5) is 16.9. The average molecular weight is 324 g/mol. The third-order valence-corrected chi connectivity index (χ3v) is 3.41. The smallest absolute Gasteiger partial charge is 0.304 e. The van der Waals surface area contributed by atoms with Crippen molar-refractivity contribution in [3.05, 3.63) is 52.7 Å². The van der Waals surface area contributed by atoms with E-state index in [4.69, 9.17) is 9.52 Å². The zero-order valence-electron chi connectivity index (χ0n) is 13.0. The number of oxazole rings is 1. The summed E-state index contributed by atoms with van der Waals surface area (Å²) in [6.07, 6.45) is -0.0560. The minimum absolute atomic E-state index is 0.0560. The number of aromatic nitrogens is 1. The maximum Gasteiger partial charge on any atom is 0.304 e. The lowest BCUT2D eigenvalue weighted by atomic mass is 10.2. The van der Waals surface area contributed by atoms with Crippen molar-refractivity contribution in [3.8, 4) is 0 Å². The van der Waals surface area contributed by atoms with Gasteiger partial charge in [-0.1, -0.05) is 6.07 Å². The summed E-state index contributed by atoms with van der Waals surface area (Å²) in [5.41, 5.74) is 1.27. The second-order valence-corrected chi connectivity index (χ2v) is 5.34. The second-order valence-electron chi connectivity index (χ2n) is 5.34. The van der Waals surface area contributed by atoms with Gasteiger partial charge < -0.3 is 9.52 Å². The Bertz CT molecular complexity index is 701. The lowest BCUT2D eigenvalue weighted by Gasteiger charge is -2.21. The lowest BCUT2D eigenvalue weighted by molar-refractivity contribution is -0.137. The molecule has 0 aliphatic heterocycles. The molecule has 1 aromatic carbocycles. The van der Waals surface area contributed by atoms with Crippen LogP contribution < -0.4 is 0 Å². The van der Waals surface area contributed by atoms with Gasteiger partial charge in [0.15, 0.2) is 17.5 Å². The third-order valence-electron chi connectivity index (χ3n) is 3.41. The highest BCUT2D eigenvalue weighted by atomic mass is 19.2. The van der Waals surface area contributed by atoms with Crippen molar-refractivity contribution in [2.45, 2.75) is 33.4 Å². The van der Waals surface area contributed by atoms with Crippen LogP contribution in [0.5, 0.6) is 0 Å². The first kappa shape index (κ1) is 17.1. The van der Waals surface area contributed by atoms with Crippen molar-refractivity contribution >= 4 is 5.97 Å². The molecule has 0 saturated heterocycles. The Balaban J connectivity index is 2.14. The van der Waals surface area contributed by atoms with Crippen LogP contribution in [0.3, 0.4) is 0 Å². The zero-order valence-corrected chi connectivity index (χ0v) is 13.0. The molecule has 0 atom stereocenters. The van der Waals surface area contributed by atoms with E-state index in [9.17, 15) is 13.6 Å². The lowest BCUT2D eigenvalue weighted by Crippen LogP contribution is -2.26. The molecule has 23 heavy (non-hydrogen) atoms. The quantitative estimate of drug-likeness (QED) is 0.848. The molecule has 0 bridgehead atoms. The van der Waals surface area contributed by atoms with E-state index in [1.54, 1.807) is 13.8 Å². The zero-order chi connectivity index (χ0) is 17.0. The number of carboxylic acid groups (broad SMARTS) is 1. The maximum absolute atomic E-state index is 13.3. The topological polar surface area (TPSA) is 66.6 Å². The monoisotopic (exact) mass is 324 g/mol. The van der Waals surface area contributed by atoms with Gasteiger partial charge in [0.25, 0.3) is 0 Å². The summed E-state index contributed by atoms with van der Waals surface area (Å²) in [5, 5.41) is 8.86. The average Bonchev–Trinajstić information content (AvgIpc) is 2.78. The van der Waals surface area contributed by atoms with Gasteiger partial charge in [0.05, 0.1) is 12.1 Å². The van der Waals surface area contributed by atoms with Gasteiger partial charge in [-0.15, -0.1) is 0 Å². The molecule has 1 aromatic heterocycles. The fourth-order valence-corrected chi connectivity index (χ4v) is 2.29. The number of rotatable bonds is 7. The highest BCUT2D eigenvalue weighted by Crippen LogP contribution is 2.16. The number of hydrogen-bond donors (Lipinski definition) is 1. The predicted molar refractivity (Wildman–Crippen MR) is 78.7 cm³/mol. The van der Waals surface area contributed by atoms with Crippen LogP contribution >= 0.6 is 0 Å². The molecule has 7 heteroatoms. The Morgan fingerprint density at radius 1 is 1.26 bits per heavy atom. The van der Waals surface area contributed by atoms with Crippen LogP contribution in [0.2, 0.25) is 0 Å². The summed E-state index contributed by atoms with van der Waals surface area (Å²) in [7, 11) is 0. The van der Waals surface area contributed by atoms with E-state index in [1.807, 2.05) is 4.90 Å². The number of aliphatic carboxylic acids is 1. The van der Waals surface area contributed by atoms with E-state index in [0.717, 1.165) is 12.1 Å². The number of nitrogens with zero attached hydrogens (tertiary/aromatic N) is 2. The van der Waals surface area contributed by atoms with Gasteiger partial charge in [-0.3, -0.25) is 9.69 Å². The van der Waals surface area contributed by atoms with Gasteiger partial charge in [0, 0.05) is 26.6 Å².